The fourth-order valence-electron chi connectivity index (χ4n) is 4.42. The van der Waals surface area contributed by atoms with Gasteiger partial charge in [0.05, 0.1) is 26.8 Å². The number of benzene rings is 2. The van der Waals surface area contributed by atoms with E-state index in [0.717, 1.165) is 35.2 Å². The predicted octanol–water partition coefficient (Wildman–Crippen LogP) is 4.35. The minimum absolute atomic E-state index is 0.0553. The Kier molecular flexibility index (Phi) is 5.13. The average Bonchev–Trinajstić information content (AvgIpc) is 3.47. The molecular formula is C24H25N3O5. The predicted molar refractivity (Wildman–Crippen MR) is 120 cm³/mol. The number of hydrogen-bond donors (Lipinski definition) is 1. The molecule has 1 aliphatic rings. The molecule has 1 aliphatic heterocycles. The van der Waals surface area contributed by atoms with Crippen molar-refractivity contribution in [3.63, 3.8) is 0 Å². The number of fused-ring (bicyclic) bond motifs is 2. The Hall–Kier alpha value is -3.68. The van der Waals surface area contributed by atoms with Crippen LogP contribution in [0.25, 0.3) is 22.0 Å². The number of rotatable bonds is 5. The van der Waals surface area contributed by atoms with Gasteiger partial charge in [0, 0.05) is 30.5 Å². The number of H-pyrrole nitrogens is 1. The lowest BCUT2D eigenvalue weighted by Crippen LogP contribution is -2.38. The second-order valence-electron chi connectivity index (χ2n) is 7.87. The summed E-state index contributed by atoms with van der Waals surface area (Å²) in [5.74, 6) is 2.60. The number of piperidine rings is 1. The standard InChI is InChI=1S/C24H25N3O5/c1-29-19-13-20(30-2)22(31-3)21-15(19)12-17(25-21)24(28)27-10-8-14(9-11-27)23-26-16-6-4-5-7-18(16)32-23/h4-7,12-14,25H,8-11H2,1-3H3. The van der Waals surface area contributed by atoms with Gasteiger partial charge in [0.25, 0.3) is 5.91 Å². The maximum Gasteiger partial charge on any atom is 0.270 e. The number of aromatic nitrogens is 2. The van der Waals surface area contributed by atoms with E-state index in [9.17, 15) is 4.79 Å². The molecular weight excluding hydrogens is 410 g/mol. The van der Waals surface area contributed by atoms with Crippen LogP contribution in [-0.2, 0) is 0 Å². The van der Waals surface area contributed by atoms with Crippen molar-refractivity contribution in [3.8, 4) is 17.2 Å². The number of hydrogen-bond acceptors (Lipinski definition) is 6. The minimum Gasteiger partial charge on any atom is -0.496 e. The Labute approximate surface area is 185 Å². The number of ether oxygens (including phenoxy) is 3. The lowest BCUT2D eigenvalue weighted by atomic mass is 9.96. The summed E-state index contributed by atoms with van der Waals surface area (Å²) >= 11 is 0. The van der Waals surface area contributed by atoms with Crippen LogP contribution in [-0.4, -0.2) is 55.2 Å². The van der Waals surface area contributed by atoms with Gasteiger partial charge in [-0.25, -0.2) is 4.98 Å². The first-order chi connectivity index (χ1) is 15.6. The number of oxazole rings is 1. The van der Waals surface area contributed by atoms with Crippen LogP contribution in [0.3, 0.4) is 0 Å². The zero-order valence-electron chi connectivity index (χ0n) is 18.3. The molecule has 1 saturated heterocycles. The highest BCUT2D eigenvalue weighted by atomic mass is 16.5. The molecule has 4 aromatic rings. The first-order valence-corrected chi connectivity index (χ1v) is 10.6. The molecule has 32 heavy (non-hydrogen) atoms. The summed E-state index contributed by atoms with van der Waals surface area (Å²) in [6.45, 7) is 1.27. The fraction of sp³-hybridized carbons (Fsp3) is 0.333. The molecule has 0 aliphatic carbocycles. The van der Waals surface area contributed by atoms with Crippen molar-refractivity contribution < 1.29 is 23.4 Å². The molecule has 2 aromatic carbocycles. The largest absolute Gasteiger partial charge is 0.496 e. The van der Waals surface area contributed by atoms with Crippen LogP contribution in [0.2, 0.25) is 0 Å². The van der Waals surface area contributed by atoms with Crippen LogP contribution < -0.4 is 14.2 Å². The van der Waals surface area contributed by atoms with E-state index in [4.69, 9.17) is 18.6 Å². The lowest BCUT2D eigenvalue weighted by Gasteiger charge is -2.30. The molecule has 2 aromatic heterocycles. The van der Waals surface area contributed by atoms with Crippen LogP contribution in [0.4, 0.5) is 0 Å². The first kappa shape index (κ1) is 20.2. The Morgan fingerprint density at radius 1 is 1.06 bits per heavy atom. The van der Waals surface area contributed by atoms with E-state index in [0.29, 0.717) is 41.5 Å². The van der Waals surface area contributed by atoms with E-state index < -0.39 is 0 Å². The molecule has 8 heteroatoms. The number of carbonyl (C=O) groups is 1. The highest BCUT2D eigenvalue weighted by Gasteiger charge is 2.29. The summed E-state index contributed by atoms with van der Waals surface area (Å²) in [4.78, 5) is 23.0. The molecule has 1 amide bonds. The molecule has 0 unspecified atom stereocenters. The molecule has 0 bridgehead atoms. The van der Waals surface area contributed by atoms with Crippen molar-refractivity contribution in [2.75, 3.05) is 34.4 Å². The molecule has 0 atom stereocenters. The van der Waals surface area contributed by atoms with Crippen LogP contribution in [0.15, 0.2) is 40.8 Å². The number of para-hydroxylation sites is 2. The van der Waals surface area contributed by atoms with Crippen molar-refractivity contribution in [3.05, 3.63) is 48.0 Å². The SMILES string of the molecule is COc1cc(OC)c2cc(C(=O)N3CCC(c4nc5ccccc5o4)CC3)[nH]c2c1OC. The molecule has 0 spiro atoms. The van der Waals surface area contributed by atoms with Gasteiger partial charge in [-0.05, 0) is 31.0 Å². The first-order valence-electron chi connectivity index (χ1n) is 10.6. The van der Waals surface area contributed by atoms with Crippen LogP contribution in [0.1, 0.15) is 35.1 Å². The number of carbonyl (C=O) groups excluding carboxylic acids is 1. The summed E-state index contributed by atoms with van der Waals surface area (Å²) in [5.41, 5.74) is 2.84. The topological polar surface area (TPSA) is 89.8 Å². The lowest BCUT2D eigenvalue weighted by molar-refractivity contribution is 0.0702. The smallest absolute Gasteiger partial charge is 0.270 e. The Morgan fingerprint density at radius 2 is 1.81 bits per heavy atom. The molecule has 3 heterocycles. The maximum atomic E-state index is 13.2. The number of likely N-dealkylation sites (tertiary alicyclic amines) is 1. The molecule has 1 fully saturated rings. The minimum atomic E-state index is -0.0553. The Bertz CT molecular complexity index is 1250. The zero-order chi connectivity index (χ0) is 22.2. The zero-order valence-corrected chi connectivity index (χ0v) is 18.3. The summed E-state index contributed by atoms with van der Waals surface area (Å²) in [7, 11) is 4.73. The third-order valence-corrected chi connectivity index (χ3v) is 6.11. The van der Waals surface area contributed by atoms with Crippen molar-refractivity contribution in [1.29, 1.82) is 0 Å². The number of amides is 1. The third kappa shape index (κ3) is 3.32. The summed E-state index contributed by atoms with van der Waals surface area (Å²) in [6.07, 6.45) is 1.61. The van der Waals surface area contributed by atoms with Gasteiger partial charge in [0.2, 0.25) is 0 Å². The third-order valence-electron chi connectivity index (χ3n) is 6.11. The van der Waals surface area contributed by atoms with E-state index >= 15 is 0 Å². The second kappa shape index (κ2) is 8.11. The van der Waals surface area contributed by atoms with E-state index in [1.54, 1.807) is 27.4 Å². The highest BCUT2D eigenvalue weighted by molar-refractivity contribution is 6.02. The summed E-state index contributed by atoms with van der Waals surface area (Å²) in [5, 5.41) is 0.773. The van der Waals surface area contributed by atoms with Gasteiger partial charge < -0.3 is 28.5 Å². The van der Waals surface area contributed by atoms with Gasteiger partial charge in [0.1, 0.15) is 17.0 Å². The van der Waals surface area contributed by atoms with Crippen LogP contribution >= 0.6 is 0 Å². The highest BCUT2D eigenvalue weighted by Crippen LogP contribution is 2.41. The van der Waals surface area contributed by atoms with Crippen molar-refractivity contribution >= 4 is 27.9 Å². The molecule has 8 nitrogen and oxygen atoms in total. The van der Waals surface area contributed by atoms with E-state index in [1.807, 2.05) is 35.2 Å². The number of nitrogens with one attached hydrogen (secondary N) is 1. The van der Waals surface area contributed by atoms with Crippen molar-refractivity contribution in [1.82, 2.24) is 14.9 Å². The Morgan fingerprint density at radius 3 is 2.50 bits per heavy atom. The van der Waals surface area contributed by atoms with Crippen molar-refractivity contribution in [2.24, 2.45) is 0 Å². The van der Waals surface area contributed by atoms with Gasteiger partial charge >= 0.3 is 0 Å². The monoisotopic (exact) mass is 435 g/mol. The summed E-state index contributed by atoms with van der Waals surface area (Å²) in [6, 6.07) is 11.3. The van der Waals surface area contributed by atoms with E-state index in [-0.39, 0.29) is 11.8 Å². The second-order valence-corrected chi connectivity index (χ2v) is 7.87. The summed E-state index contributed by atoms with van der Waals surface area (Å²) < 4.78 is 22.4. The molecule has 1 N–H and O–H groups in total. The van der Waals surface area contributed by atoms with Gasteiger partial charge in [0.15, 0.2) is 23.0 Å². The number of aromatic amines is 1. The van der Waals surface area contributed by atoms with Crippen molar-refractivity contribution in [2.45, 2.75) is 18.8 Å². The van der Waals surface area contributed by atoms with E-state index in [2.05, 4.69) is 9.97 Å². The normalized spacial score (nSPS) is 14.8. The van der Waals surface area contributed by atoms with E-state index in [1.165, 1.54) is 0 Å². The molecule has 0 saturated carbocycles. The van der Waals surface area contributed by atoms with Gasteiger partial charge in [-0.1, -0.05) is 12.1 Å². The fourth-order valence-corrected chi connectivity index (χ4v) is 4.42. The quantitative estimate of drug-likeness (QED) is 0.501. The average molecular weight is 435 g/mol. The number of methoxy groups -OCH3 is 3. The van der Waals surface area contributed by atoms with Crippen LogP contribution in [0.5, 0.6) is 17.2 Å². The molecule has 0 radical (unpaired) electrons. The molecule has 5 rings (SSSR count). The Balaban J connectivity index is 1.37. The van der Waals surface area contributed by atoms with Crippen LogP contribution in [0, 0.1) is 0 Å². The van der Waals surface area contributed by atoms with Gasteiger partial charge in [-0.15, -0.1) is 0 Å². The molecule has 166 valence electrons. The number of nitrogens with zero attached hydrogens (tertiary/aromatic N) is 2. The van der Waals surface area contributed by atoms with Gasteiger partial charge in [-0.2, -0.15) is 0 Å². The maximum absolute atomic E-state index is 13.2. The van der Waals surface area contributed by atoms with Gasteiger partial charge in [-0.3, -0.25) is 4.79 Å².